The first-order chi connectivity index (χ1) is 13.2. The molecule has 0 amide bonds. The van der Waals surface area contributed by atoms with Crippen LogP contribution in [0, 0.1) is 46.3 Å². The molecule has 160 valence electrons. The van der Waals surface area contributed by atoms with Crippen LogP contribution in [0.25, 0.3) is 0 Å². The van der Waals surface area contributed by atoms with Crippen LogP contribution in [0.15, 0.2) is 0 Å². The highest BCUT2D eigenvalue weighted by molar-refractivity contribution is 5.66. The summed E-state index contributed by atoms with van der Waals surface area (Å²) in [4.78, 5) is 11.1. The van der Waals surface area contributed by atoms with Gasteiger partial charge in [0.1, 0.15) is 0 Å². The monoisotopic (exact) mass is 392 g/mol. The fourth-order valence-electron chi connectivity index (χ4n) is 8.73. The van der Waals surface area contributed by atoms with Gasteiger partial charge in [0.15, 0.2) is 0 Å². The molecule has 0 bridgehead atoms. The Morgan fingerprint density at radius 3 is 2.39 bits per heavy atom. The summed E-state index contributed by atoms with van der Waals surface area (Å²) in [5.74, 6) is 2.36. The van der Waals surface area contributed by atoms with E-state index in [1.807, 2.05) is 0 Å². The van der Waals surface area contributed by atoms with Crippen molar-refractivity contribution < 1.29 is 20.1 Å². The quantitative estimate of drug-likeness (QED) is 0.659. The molecule has 0 aromatic heterocycles. The molecule has 28 heavy (non-hydrogen) atoms. The fraction of sp³-hybridized carbons (Fsp3) is 0.958. The molecule has 0 radical (unpaired) electrons. The van der Waals surface area contributed by atoms with Crippen molar-refractivity contribution in [3.8, 4) is 0 Å². The number of rotatable bonds is 4. The molecule has 4 aliphatic rings. The minimum Gasteiger partial charge on any atom is -0.481 e. The van der Waals surface area contributed by atoms with Crippen LogP contribution in [-0.2, 0) is 4.79 Å². The molecule has 4 nitrogen and oxygen atoms in total. The molecule has 4 heteroatoms. The zero-order valence-corrected chi connectivity index (χ0v) is 17.9. The number of aliphatic hydroxyl groups is 2. The number of aliphatic carboxylic acids is 1. The summed E-state index contributed by atoms with van der Waals surface area (Å²) in [5, 5.41) is 30.5. The number of carbonyl (C=O) groups is 1. The van der Waals surface area contributed by atoms with Gasteiger partial charge >= 0.3 is 5.97 Å². The number of hydrogen-bond acceptors (Lipinski definition) is 3. The van der Waals surface area contributed by atoms with E-state index in [2.05, 4.69) is 20.8 Å². The molecule has 4 aliphatic carbocycles. The standard InChI is InChI=1S/C24H40O4/c1-14(4-7-21(27)28)17-5-6-18-22-19(9-11-24(17,18)3)23(2)10-8-16(25)12-15(23)13-20(22)26/h14-20,22,25-26H,4-13H2,1-3H3,(H,27,28)/t14?,15-,16+,17?,18?,19?,20?,22?,23-,24+/m0/s1. The highest BCUT2D eigenvalue weighted by atomic mass is 16.4. The number of carboxylic acid groups (broad SMARTS) is 1. The lowest BCUT2D eigenvalue weighted by atomic mass is 9.43. The van der Waals surface area contributed by atoms with Crippen molar-refractivity contribution in [3.05, 3.63) is 0 Å². The van der Waals surface area contributed by atoms with Gasteiger partial charge in [0.25, 0.3) is 0 Å². The third-order valence-electron chi connectivity index (χ3n) is 10.2. The zero-order chi connectivity index (χ0) is 20.3. The molecule has 3 N–H and O–H groups in total. The number of hydrogen-bond donors (Lipinski definition) is 3. The Balaban J connectivity index is 1.55. The third kappa shape index (κ3) is 3.14. The molecule has 10 atom stereocenters. The van der Waals surface area contributed by atoms with Gasteiger partial charge in [-0.25, -0.2) is 0 Å². The maximum atomic E-state index is 11.2. The summed E-state index contributed by atoms with van der Waals surface area (Å²) in [7, 11) is 0. The highest BCUT2D eigenvalue weighted by Gasteiger charge is 2.62. The van der Waals surface area contributed by atoms with Crippen molar-refractivity contribution in [2.75, 3.05) is 0 Å². The smallest absolute Gasteiger partial charge is 0.303 e. The molecule has 4 fully saturated rings. The largest absolute Gasteiger partial charge is 0.481 e. The summed E-state index contributed by atoms with van der Waals surface area (Å²) in [5.41, 5.74) is 0.523. The Labute approximate surface area is 170 Å². The Bertz CT molecular complexity index is 605. The highest BCUT2D eigenvalue weighted by Crippen LogP contribution is 2.68. The van der Waals surface area contributed by atoms with E-state index in [0.717, 1.165) is 32.1 Å². The lowest BCUT2D eigenvalue weighted by Gasteiger charge is -2.62. The minimum atomic E-state index is -0.684. The van der Waals surface area contributed by atoms with Gasteiger partial charge in [0.2, 0.25) is 0 Å². The normalized spacial score (nSPS) is 51.7. The van der Waals surface area contributed by atoms with Crippen molar-refractivity contribution in [3.63, 3.8) is 0 Å². The van der Waals surface area contributed by atoms with E-state index in [0.29, 0.717) is 35.5 Å². The fourth-order valence-corrected chi connectivity index (χ4v) is 8.73. The first kappa shape index (κ1) is 20.7. The molecule has 0 aliphatic heterocycles. The van der Waals surface area contributed by atoms with E-state index in [4.69, 9.17) is 5.11 Å². The van der Waals surface area contributed by atoms with E-state index in [1.165, 1.54) is 25.7 Å². The molecule has 0 saturated heterocycles. The summed E-state index contributed by atoms with van der Waals surface area (Å²) in [6.45, 7) is 7.16. The van der Waals surface area contributed by atoms with Crippen LogP contribution in [0.4, 0.5) is 0 Å². The predicted molar refractivity (Wildman–Crippen MR) is 109 cm³/mol. The van der Waals surface area contributed by atoms with E-state index in [-0.39, 0.29) is 29.5 Å². The van der Waals surface area contributed by atoms with Crippen molar-refractivity contribution in [2.45, 2.75) is 97.2 Å². The second-order valence-corrected chi connectivity index (χ2v) is 11.4. The SMILES string of the molecule is CC(CCC(=O)O)C1CCC2C3C(O)C[C@@H]4C[C@H](O)CC[C@]4(C)C3CC[C@]12C. The van der Waals surface area contributed by atoms with E-state index >= 15 is 0 Å². The molecule has 0 aromatic carbocycles. The second kappa shape index (κ2) is 7.27. The summed E-state index contributed by atoms with van der Waals surface area (Å²) >= 11 is 0. The third-order valence-corrected chi connectivity index (χ3v) is 10.2. The van der Waals surface area contributed by atoms with Crippen LogP contribution < -0.4 is 0 Å². The Hall–Kier alpha value is -0.610. The zero-order valence-electron chi connectivity index (χ0n) is 17.9. The number of carboxylic acids is 1. The molecular formula is C24H40O4. The first-order valence-corrected chi connectivity index (χ1v) is 11.7. The molecule has 4 rings (SSSR count). The molecule has 0 heterocycles. The number of aliphatic hydroxyl groups excluding tert-OH is 2. The van der Waals surface area contributed by atoms with Crippen molar-refractivity contribution >= 4 is 5.97 Å². The molecule has 0 spiro atoms. The van der Waals surface area contributed by atoms with Crippen molar-refractivity contribution in [1.82, 2.24) is 0 Å². The van der Waals surface area contributed by atoms with Gasteiger partial charge in [0, 0.05) is 6.42 Å². The van der Waals surface area contributed by atoms with Crippen molar-refractivity contribution in [2.24, 2.45) is 46.3 Å². The van der Waals surface area contributed by atoms with Gasteiger partial charge in [-0.15, -0.1) is 0 Å². The van der Waals surface area contributed by atoms with Gasteiger partial charge in [-0.2, -0.15) is 0 Å². The van der Waals surface area contributed by atoms with Crippen LogP contribution in [0.3, 0.4) is 0 Å². The molecule has 4 saturated carbocycles. The Kier molecular flexibility index (Phi) is 5.36. The summed E-state index contributed by atoms with van der Waals surface area (Å²) in [6.07, 6.45) is 9.19. The lowest BCUT2D eigenvalue weighted by molar-refractivity contribution is -0.174. The summed E-state index contributed by atoms with van der Waals surface area (Å²) < 4.78 is 0. The predicted octanol–water partition coefficient (Wildman–Crippen LogP) is 4.48. The Morgan fingerprint density at radius 1 is 1.00 bits per heavy atom. The van der Waals surface area contributed by atoms with E-state index < -0.39 is 5.97 Å². The maximum Gasteiger partial charge on any atom is 0.303 e. The van der Waals surface area contributed by atoms with Crippen LogP contribution in [-0.4, -0.2) is 33.5 Å². The topological polar surface area (TPSA) is 77.8 Å². The molecular weight excluding hydrogens is 352 g/mol. The van der Waals surface area contributed by atoms with Gasteiger partial charge in [-0.05, 0) is 104 Å². The van der Waals surface area contributed by atoms with Gasteiger partial charge in [-0.1, -0.05) is 20.8 Å². The van der Waals surface area contributed by atoms with Gasteiger partial charge in [0.05, 0.1) is 12.2 Å². The average molecular weight is 393 g/mol. The summed E-state index contributed by atoms with van der Waals surface area (Å²) in [6, 6.07) is 0. The molecule has 0 aromatic rings. The van der Waals surface area contributed by atoms with E-state index in [1.54, 1.807) is 0 Å². The van der Waals surface area contributed by atoms with E-state index in [9.17, 15) is 15.0 Å². The van der Waals surface area contributed by atoms with Crippen LogP contribution in [0.5, 0.6) is 0 Å². The average Bonchev–Trinajstić information content (AvgIpc) is 2.98. The van der Waals surface area contributed by atoms with Crippen LogP contribution >= 0.6 is 0 Å². The Morgan fingerprint density at radius 2 is 1.68 bits per heavy atom. The van der Waals surface area contributed by atoms with Crippen molar-refractivity contribution in [1.29, 1.82) is 0 Å². The number of fused-ring (bicyclic) bond motifs is 5. The maximum absolute atomic E-state index is 11.2. The molecule has 6 unspecified atom stereocenters. The first-order valence-electron chi connectivity index (χ1n) is 11.7. The lowest BCUT2D eigenvalue weighted by Crippen LogP contribution is -2.58. The van der Waals surface area contributed by atoms with Crippen LogP contribution in [0.2, 0.25) is 0 Å². The van der Waals surface area contributed by atoms with Gasteiger partial charge < -0.3 is 15.3 Å². The van der Waals surface area contributed by atoms with Gasteiger partial charge in [-0.3, -0.25) is 4.79 Å². The second-order valence-electron chi connectivity index (χ2n) is 11.4. The van der Waals surface area contributed by atoms with Crippen LogP contribution in [0.1, 0.15) is 85.0 Å². The minimum absolute atomic E-state index is 0.179.